The van der Waals surface area contributed by atoms with Crippen LogP contribution >= 0.6 is 7.82 Å². The molecule has 0 saturated carbocycles. The molecule has 0 aliphatic heterocycles. The molecule has 2 aromatic rings. The quantitative estimate of drug-likeness (QED) is 0.0132. The first kappa shape index (κ1) is 52.8. The molecule has 2 rings (SSSR count). The van der Waals surface area contributed by atoms with Crippen LogP contribution in [0.5, 0.6) is 0 Å². The van der Waals surface area contributed by atoms with Crippen LogP contribution in [-0.2, 0) is 41.1 Å². The topological polar surface area (TPSA) is 651 Å². The van der Waals surface area contributed by atoms with Crippen LogP contribution in [0, 0.1) is 11.1 Å². The Hall–Kier alpha value is -10.3. The molecule has 4 N–H and O–H groups in total. The Morgan fingerprint density at radius 2 is 1.18 bits per heavy atom. The Bertz CT molecular complexity index is 2420. The number of rotatable bonds is 33. The highest BCUT2D eigenvalue weighted by Gasteiger charge is 2.22. The Morgan fingerprint density at radius 1 is 0.687 bits per heavy atom. The summed E-state index contributed by atoms with van der Waals surface area (Å²) in [6.45, 7) is -0.294. The lowest BCUT2D eigenvalue weighted by molar-refractivity contribution is -0.120. The summed E-state index contributed by atoms with van der Waals surface area (Å²) in [5.74, 6) is -0.450. The van der Waals surface area contributed by atoms with Crippen molar-refractivity contribution < 1.29 is 33.0 Å². The highest BCUT2D eigenvalue weighted by molar-refractivity contribution is 7.47. The molecule has 0 aliphatic carbocycles. The monoisotopic (exact) mass is 959 g/mol. The highest BCUT2D eigenvalue weighted by Crippen LogP contribution is 2.43. The first-order valence-electron chi connectivity index (χ1n) is 16.2. The molecule has 1 unspecified atom stereocenters. The van der Waals surface area contributed by atoms with Gasteiger partial charge >= 0.3 is 7.82 Å². The fourth-order valence-corrected chi connectivity index (χ4v) is 3.71. The number of benzene rings is 1. The van der Waals surface area contributed by atoms with Crippen LogP contribution in [0.15, 0.2) is 207 Å². The number of carbonyl (C=O) groups excluding carboxylic acids is 1. The van der Waals surface area contributed by atoms with Crippen molar-refractivity contribution in [3.05, 3.63) is 46.1 Å². The minimum Gasteiger partial charge on any atom is -0.376 e. The zero-order valence-electron chi connectivity index (χ0n) is 32.5. The number of phosphoric ester groups is 1. The van der Waals surface area contributed by atoms with E-state index in [1.807, 2.05) is 0 Å². The average Bonchev–Trinajstić information content (AvgIpc) is 3.79. The number of nitrogens with one attached hydrogen (secondary N) is 3. The smallest absolute Gasteiger partial charge is 0.376 e. The van der Waals surface area contributed by atoms with Gasteiger partial charge < -0.3 is 14.9 Å². The molecule has 0 bridgehead atoms. The van der Waals surface area contributed by atoms with E-state index in [0.717, 1.165) is 0 Å². The first-order chi connectivity index (χ1) is 32.9. The van der Waals surface area contributed by atoms with Gasteiger partial charge in [-0.1, -0.05) is 10.3 Å². The van der Waals surface area contributed by atoms with Gasteiger partial charge in [0.2, 0.25) is 5.91 Å². The maximum Gasteiger partial charge on any atom is 0.549 e. The molecule has 0 fully saturated rings. The maximum absolute atomic E-state index is 12.6. The van der Waals surface area contributed by atoms with E-state index in [1.165, 1.54) is 23.0 Å². The number of phosphoric acid groups is 1. The van der Waals surface area contributed by atoms with Crippen molar-refractivity contribution >= 4 is 19.4 Å². The summed E-state index contributed by atoms with van der Waals surface area (Å²) in [6.07, 6.45) is 1.45. The van der Waals surface area contributed by atoms with Gasteiger partial charge in [-0.05, 0) is 119 Å². The largest absolute Gasteiger partial charge is 0.549 e. The lowest BCUT2D eigenvalue weighted by Gasteiger charge is -2.09. The van der Waals surface area contributed by atoms with E-state index in [2.05, 4.69) is 208 Å². The normalized spacial score (nSPS) is 14.0. The van der Waals surface area contributed by atoms with Crippen molar-refractivity contribution in [2.24, 2.45) is 183 Å². The van der Waals surface area contributed by atoms with E-state index < -0.39 is 13.7 Å². The lowest BCUT2D eigenvalue weighted by Crippen LogP contribution is -2.26. The van der Waals surface area contributed by atoms with E-state index in [0.29, 0.717) is 16.9 Å². The van der Waals surface area contributed by atoms with E-state index in [1.54, 1.807) is 6.07 Å². The standard InChI is InChI=1S/C16H22N43O7P/c17-23-21-13-6-12(8-16(60)20-2-1-3-65-67(61,62)66-58-55-53-51-49-47-45-43-41-39-37-35-33-31-29-27-25-19)7-15(9-13)59-10-14(22-56-59)11-63-4-5-64-57-54-52-50-48-46-44-42-40-38-36-34-32-30-28-26-24-18/h6-7,9-10,18-19H,1-5,8,11H2,(H,20,60)(H,61,62). The number of hydrogen-bond donors (Lipinski definition) is 4. The van der Waals surface area contributed by atoms with Crippen LogP contribution in [0.4, 0.5) is 5.69 Å². The Kier molecular flexibility index (Phi) is 28.6. The van der Waals surface area contributed by atoms with E-state index in [-0.39, 0.29) is 51.5 Å². The number of nitrogens with zero attached hydrogens (tertiary/aromatic N) is 40. The van der Waals surface area contributed by atoms with E-state index >= 15 is 0 Å². The molecule has 51 heteroatoms. The Labute approximate surface area is 364 Å². The molecule has 348 valence electrons. The van der Waals surface area contributed by atoms with Gasteiger partial charge in [-0.25, -0.2) is 9.25 Å². The molecular formula is C16H22N43O7P. The summed E-state index contributed by atoms with van der Waals surface area (Å²) in [5, 5.41) is 115. The molecule has 0 spiro atoms. The minimum atomic E-state index is -4.71. The van der Waals surface area contributed by atoms with E-state index in [4.69, 9.17) is 30.7 Å². The zero-order chi connectivity index (χ0) is 48.1. The third-order valence-electron chi connectivity index (χ3n) is 5.24. The molecule has 67 heavy (non-hydrogen) atoms. The molecule has 1 amide bonds. The summed E-state index contributed by atoms with van der Waals surface area (Å²) in [4.78, 5) is 29.9. The van der Waals surface area contributed by atoms with Gasteiger partial charge in [-0.2, -0.15) is 11.1 Å². The Morgan fingerprint density at radius 3 is 1.69 bits per heavy atom. The van der Waals surface area contributed by atoms with Crippen molar-refractivity contribution in [2.45, 2.75) is 19.4 Å². The minimum absolute atomic E-state index is 0.0130. The summed E-state index contributed by atoms with van der Waals surface area (Å²) in [6, 6.07) is 4.61. The first-order valence-corrected chi connectivity index (χ1v) is 17.7. The summed E-state index contributed by atoms with van der Waals surface area (Å²) in [7, 11) is -4.71. The molecule has 1 aromatic heterocycles. The molecular weight excluding hydrogens is 937 g/mol. The van der Waals surface area contributed by atoms with Crippen LogP contribution in [0.2, 0.25) is 0 Å². The van der Waals surface area contributed by atoms with Crippen molar-refractivity contribution in [2.75, 3.05) is 26.4 Å². The second kappa shape index (κ2) is 36.3. The third-order valence-corrected chi connectivity index (χ3v) is 6.03. The van der Waals surface area contributed by atoms with E-state index in [9.17, 15) is 14.3 Å². The number of ether oxygens (including phenoxy) is 1. The van der Waals surface area contributed by atoms with Gasteiger partial charge in [-0.3, -0.25) is 18.8 Å². The highest BCUT2D eigenvalue weighted by atomic mass is 31.2. The molecule has 1 heterocycles. The molecule has 0 saturated heterocycles. The number of amides is 1. The van der Waals surface area contributed by atoms with Gasteiger partial charge in [-0.15, -0.1) is 5.10 Å². The van der Waals surface area contributed by atoms with Gasteiger partial charge in [0.25, 0.3) is 0 Å². The molecule has 1 atom stereocenters. The summed E-state index contributed by atoms with van der Waals surface area (Å²) < 4.78 is 27.7. The van der Waals surface area contributed by atoms with Gasteiger partial charge in [0.15, 0.2) is 0 Å². The predicted molar refractivity (Wildman–Crippen MR) is 192 cm³/mol. The molecule has 0 radical (unpaired) electrons. The van der Waals surface area contributed by atoms with Gasteiger partial charge in [0.1, 0.15) is 12.3 Å². The average molecular weight is 960 g/mol. The van der Waals surface area contributed by atoms with Crippen LogP contribution in [0.25, 0.3) is 16.1 Å². The van der Waals surface area contributed by atoms with Crippen LogP contribution < -0.4 is 5.32 Å². The fraction of sp³-hybridized carbons (Fsp3) is 0.438. The molecule has 1 aromatic carbocycles. The van der Waals surface area contributed by atoms with Gasteiger partial charge in [0, 0.05) is 106 Å². The number of carbonyl (C=O) groups is 1. The summed E-state index contributed by atoms with van der Waals surface area (Å²) >= 11 is 0. The maximum atomic E-state index is 12.6. The Balaban J connectivity index is 1.68. The van der Waals surface area contributed by atoms with Crippen molar-refractivity contribution in [3.63, 3.8) is 0 Å². The van der Waals surface area contributed by atoms with Gasteiger partial charge in [0.05, 0.1) is 43.4 Å². The predicted octanol–water partition coefficient (Wildman–Crippen LogP) is 8.69. The van der Waals surface area contributed by atoms with Crippen LogP contribution in [0.3, 0.4) is 0 Å². The summed E-state index contributed by atoms with van der Waals surface area (Å²) in [5.41, 5.74) is 23.0. The van der Waals surface area contributed by atoms with Crippen molar-refractivity contribution in [1.82, 2.24) is 20.3 Å². The third kappa shape index (κ3) is 29.5. The van der Waals surface area contributed by atoms with Crippen LogP contribution in [0.1, 0.15) is 17.7 Å². The fourth-order valence-electron chi connectivity index (χ4n) is 3.18. The van der Waals surface area contributed by atoms with Crippen molar-refractivity contribution in [1.29, 1.82) is 11.1 Å². The SMILES string of the molecule is [N-]=[N+]=Nc1cc(CC(=O)NCCCOP(=O)(O)ON=NN=NN=NN=NN=NN=NN=NN=NN=N)cc(-n2cc(COCCON=NN=NN=NN=NN=NN=NN=NN=NN=N)nn2)c1. The number of azide groups is 1. The molecule has 0 aliphatic rings. The second-order valence-corrected chi connectivity index (χ2v) is 10.8. The molecule has 50 nitrogen and oxygen atoms in total. The van der Waals surface area contributed by atoms with Crippen molar-refractivity contribution in [3.8, 4) is 5.69 Å². The lowest BCUT2D eigenvalue weighted by atomic mass is 10.1. The number of hydrogen-bond acceptors (Lipinski definition) is 13. The second-order valence-electron chi connectivity index (χ2n) is 9.40. The van der Waals surface area contributed by atoms with Crippen LogP contribution in [-0.4, -0.2) is 52.2 Å². The zero-order valence-corrected chi connectivity index (χ0v) is 33.4. The number of aromatic nitrogens is 3.